The summed E-state index contributed by atoms with van der Waals surface area (Å²) in [5.74, 6) is 1.92. The zero-order chi connectivity index (χ0) is 12.0. The first-order valence-corrected chi connectivity index (χ1v) is 7.09. The maximum atomic E-state index is 6.03. The molecule has 0 radical (unpaired) electrons. The molecule has 0 bridgehead atoms. The quantitative estimate of drug-likeness (QED) is 0.767. The molecule has 1 unspecified atom stereocenters. The molecule has 0 saturated heterocycles. The van der Waals surface area contributed by atoms with Crippen LogP contribution in [-0.4, -0.2) is 12.8 Å². The van der Waals surface area contributed by atoms with Crippen molar-refractivity contribution in [3.8, 4) is 0 Å². The van der Waals surface area contributed by atoms with Gasteiger partial charge in [-0.25, -0.2) is 0 Å². The fraction of sp³-hybridized carbons (Fsp3) is 0.538. The van der Waals surface area contributed by atoms with Crippen LogP contribution >= 0.6 is 23.4 Å². The molecule has 90 valence electrons. The number of hydrogen-bond donors (Lipinski definition) is 1. The van der Waals surface area contributed by atoms with Crippen molar-refractivity contribution in [2.24, 2.45) is 5.92 Å². The van der Waals surface area contributed by atoms with Crippen molar-refractivity contribution in [2.75, 3.05) is 12.8 Å². The molecule has 1 aromatic rings. The SMILES string of the molecule is CCC(C)CSc1cc(Cl)ccc1CNC. The van der Waals surface area contributed by atoms with Gasteiger partial charge in [-0.3, -0.25) is 0 Å². The van der Waals surface area contributed by atoms with Gasteiger partial charge < -0.3 is 5.32 Å². The third kappa shape index (κ3) is 4.36. The van der Waals surface area contributed by atoms with E-state index >= 15 is 0 Å². The zero-order valence-electron chi connectivity index (χ0n) is 10.2. The summed E-state index contributed by atoms with van der Waals surface area (Å²) in [6.45, 7) is 5.42. The maximum absolute atomic E-state index is 6.03. The molecule has 1 nitrogen and oxygen atoms in total. The highest BCUT2D eigenvalue weighted by molar-refractivity contribution is 7.99. The molecule has 0 amide bonds. The Hall–Kier alpha value is -0.180. The lowest BCUT2D eigenvalue weighted by molar-refractivity contribution is 0.636. The molecule has 0 heterocycles. The first-order valence-electron chi connectivity index (χ1n) is 5.73. The van der Waals surface area contributed by atoms with Crippen LogP contribution in [0.5, 0.6) is 0 Å². The summed E-state index contributed by atoms with van der Waals surface area (Å²) < 4.78 is 0. The van der Waals surface area contributed by atoms with E-state index in [-0.39, 0.29) is 0 Å². The third-order valence-electron chi connectivity index (χ3n) is 2.62. The second kappa shape index (κ2) is 7.21. The van der Waals surface area contributed by atoms with Gasteiger partial charge in [0.05, 0.1) is 0 Å². The van der Waals surface area contributed by atoms with Crippen LogP contribution in [0.4, 0.5) is 0 Å². The molecule has 16 heavy (non-hydrogen) atoms. The third-order valence-corrected chi connectivity index (χ3v) is 4.28. The van der Waals surface area contributed by atoms with Gasteiger partial charge in [0.1, 0.15) is 0 Å². The molecular weight excluding hydrogens is 238 g/mol. The predicted molar refractivity (Wildman–Crippen MR) is 74.4 cm³/mol. The number of hydrogen-bond acceptors (Lipinski definition) is 2. The van der Waals surface area contributed by atoms with Crippen molar-refractivity contribution < 1.29 is 0 Å². The van der Waals surface area contributed by atoms with E-state index < -0.39 is 0 Å². The summed E-state index contributed by atoms with van der Waals surface area (Å²) in [6.07, 6.45) is 1.23. The largest absolute Gasteiger partial charge is 0.316 e. The van der Waals surface area contributed by atoms with Crippen molar-refractivity contribution in [3.05, 3.63) is 28.8 Å². The van der Waals surface area contributed by atoms with E-state index in [1.807, 2.05) is 24.9 Å². The number of nitrogens with one attached hydrogen (secondary N) is 1. The second-order valence-electron chi connectivity index (χ2n) is 4.11. The summed E-state index contributed by atoms with van der Waals surface area (Å²) in [6, 6.07) is 6.14. The topological polar surface area (TPSA) is 12.0 Å². The molecule has 0 aromatic heterocycles. The van der Waals surface area contributed by atoms with Crippen LogP contribution in [0.15, 0.2) is 23.1 Å². The van der Waals surface area contributed by atoms with Gasteiger partial charge in [-0.2, -0.15) is 0 Å². The molecule has 1 atom stereocenters. The van der Waals surface area contributed by atoms with Gasteiger partial charge in [-0.1, -0.05) is 37.9 Å². The first kappa shape index (κ1) is 13.9. The Balaban J connectivity index is 2.71. The number of rotatable bonds is 6. The van der Waals surface area contributed by atoms with E-state index in [4.69, 9.17) is 11.6 Å². The van der Waals surface area contributed by atoms with Crippen LogP contribution in [0.3, 0.4) is 0 Å². The fourth-order valence-electron chi connectivity index (χ4n) is 1.35. The fourth-order valence-corrected chi connectivity index (χ4v) is 2.82. The summed E-state index contributed by atoms with van der Waals surface area (Å²) in [5.41, 5.74) is 1.33. The van der Waals surface area contributed by atoms with Gasteiger partial charge in [0.2, 0.25) is 0 Å². The number of halogens is 1. The second-order valence-corrected chi connectivity index (χ2v) is 5.61. The van der Waals surface area contributed by atoms with Crippen molar-refractivity contribution in [1.29, 1.82) is 0 Å². The van der Waals surface area contributed by atoms with Crippen LogP contribution in [0.2, 0.25) is 5.02 Å². The minimum atomic E-state index is 0.756. The highest BCUT2D eigenvalue weighted by atomic mass is 35.5. The van der Waals surface area contributed by atoms with Gasteiger partial charge in [0, 0.05) is 22.2 Å². The number of benzene rings is 1. The van der Waals surface area contributed by atoms with Gasteiger partial charge >= 0.3 is 0 Å². The van der Waals surface area contributed by atoms with E-state index in [1.54, 1.807) is 0 Å². The van der Waals surface area contributed by atoms with Crippen LogP contribution in [0.25, 0.3) is 0 Å². The number of thioether (sulfide) groups is 1. The summed E-state index contributed by atoms with van der Waals surface area (Å²) >= 11 is 7.94. The molecule has 1 N–H and O–H groups in total. The Morgan fingerprint density at radius 2 is 2.19 bits per heavy atom. The highest BCUT2D eigenvalue weighted by Crippen LogP contribution is 2.28. The van der Waals surface area contributed by atoms with Crippen molar-refractivity contribution >= 4 is 23.4 Å². The van der Waals surface area contributed by atoms with Crippen molar-refractivity contribution in [3.63, 3.8) is 0 Å². The first-order chi connectivity index (χ1) is 7.67. The average Bonchev–Trinajstić information content (AvgIpc) is 2.29. The minimum absolute atomic E-state index is 0.756. The van der Waals surface area contributed by atoms with E-state index in [0.29, 0.717) is 0 Å². The lowest BCUT2D eigenvalue weighted by Gasteiger charge is -2.12. The van der Waals surface area contributed by atoms with E-state index in [1.165, 1.54) is 16.9 Å². The van der Waals surface area contributed by atoms with Crippen molar-refractivity contribution in [1.82, 2.24) is 5.32 Å². The molecule has 0 aliphatic heterocycles. The Labute approximate surface area is 108 Å². The van der Waals surface area contributed by atoms with Crippen LogP contribution < -0.4 is 5.32 Å². The predicted octanol–water partition coefficient (Wildman–Crippen LogP) is 4.20. The Morgan fingerprint density at radius 3 is 2.81 bits per heavy atom. The van der Waals surface area contributed by atoms with Crippen LogP contribution in [0.1, 0.15) is 25.8 Å². The van der Waals surface area contributed by atoms with Gasteiger partial charge in [-0.15, -0.1) is 11.8 Å². The lowest BCUT2D eigenvalue weighted by Crippen LogP contribution is -2.06. The summed E-state index contributed by atoms with van der Waals surface area (Å²) in [4.78, 5) is 1.31. The Bertz CT molecular complexity index is 328. The summed E-state index contributed by atoms with van der Waals surface area (Å²) in [5, 5.41) is 4.01. The van der Waals surface area contributed by atoms with E-state index in [0.717, 1.165) is 23.2 Å². The van der Waals surface area contributed by atoms with Gasteiger partial charge in [0.15, 0.2) is 0 Å². The lowest BCUT2D eigenvalue weighted by atomic mass is 10.2. The molecule has 0 aliphatic rings. The average molecular weight is 258 g/mol. The van der Waals surface area contributed by atoms with Gasteiger partial charge in [0.25, 0.3) is 0 Å². The molecule has 0 fully saturated rings. The molecule has 1 rings (SSSR count). The molecule has 0 aliphatic carbocycles. The Kier molecular flexibility index (Phi) is 6.25. The molecule has 0 spiro atoms. The van der Waals surface area contributed by atoms with Crippen LogP contribution in [0, 0.1) is 5.92 Å². The van der Waals surface area contributed by atoms with Gasteiger partial charge in [-0.05, 0) is 30.7 Å². The summed E-state index contributed by atoms with van der Waals surface area (Å²) in [7, 11) is 1.97. The minimum Gasteiger partial charge on any atom is -0.316 e. The molecular formula is C13H20ClNS. The van der Waals surface area contributed by atoms with Crippen LogP contribution in [-0.2, 0) is 6.54 Å². The standard InChI is InChI=1S/C13H20ClNS/c1-4-10(2)9-16-13-7-12(14)6-5-11(13)8-15-3/h5-7,10,15H,4,8-9H2,1-3H3. The Morgan fingerprint density at radius 1 is 1.44 bits per heavy atom. The smallest absolute Gasteiger partial charge is 0.0417 e. The molecule has 0 saturated carbocycles. The molecule has 1 aromatic carbocycles. The van der Waals surface area contributed by atoms with E-state index in [2.05, 4.69) is 31.3 Å². The maximum Gasteiger partial charge on any atom is 0.0417 e. The van der Waals surface area contributed by atoms with Crippen molar-refractivity contribution in [2.45, 2.75) is 31.7 Å². The normalized spacial score (nSPS) is 12.8. The van der Waals surface area contributed by atoms with E-state index in [9.17, 15) is 0 Å². The highest BCUT2D eigenvalue weighted by Gasteiger charge is 2.06. The monoisotopic (exact) mass is 257 g/mol. The molecule has 3 heteroatoms. The zero-order valence-corrected chi connectivity index (χ0v) is 11.8.